The summed E-state index contributed by atoms with van der Waals surface area (Å²) in [5.41, 5.74) is 2.19. The van der Waals surface area contributed by atoms with E-state index in [1.54, 1.807) is 18.1 Å². The molecule has 1 aliphatic carbocycles. The molecular weight excluding hydrogens is 476 g/mol. The normalized spacial score (nSPS) is 21.8. The molecular formula is C28H34N2O7. The summed E-state index contributed by atoms with van der Waals surface area (Å²) in [7, 11) is 3.13. The Labute approximate surface area is 216 Å². The molecule has 2 amide bonds. The van der Waals surface area contributed by atoms with Crippen molar-refractivity contribution in [2.45, 2.75) is 37.0 Å². The van der Waals surface area contributed by atoms with Crippen LogP contribution >= 0.6 is 0 Å². The Morgan fingerprint density at radius 1 is 1.14 bits per heavy atom. The van der Waals surface area contributed by atoms with E-state index < -0.39 is 24.2 Å². The summed E-state index contributed by atoms with van der Waals surface area (Å²) in [5, 5.41) is 23.5. The molecule has 2 aromatic rings. The minimum Gasteiger partial charge on any atom is -0.497 e. The summed E-state index contributed by atoms with van der Waals surface area (Å²) in [6.45, 7) is 0.437. The molecule has 0 saturated carbocycles. The quantitative estimate of drug-likeness (QED) is 0.419. The van der Waals surface area contributed by atoms with Gasteiger partial charge in [-0.25, -0.2) is 0 Å². The zero-order valence-corrected chi connectivity index (χ0v) is 21.1. The Bertz CT molecular complexity index is 1140. The van der Waals surface area contributed by atoms with Crippen molar-refractivity contribution >= 4 is 11.8 Å². The van der Waals surface area contributed by atoms with Gasteiger partial charge in [-0.15, -0.1) is 0 Å². The predicted molar refractivity (Wildman–Crippen MR) is 136 cm³/mol. The van der Waals surface area contributed by atoms with Gasteiger partial charge in [0.05, 0.1) is 38.7 Å². The molecule has 2 aliphatic rings. The number of methoxy groups -OCH3 is 2. The van der Waals surface area contributed by atoms with Gasteiger partial charge >= 0.3 is 0 Å². The molecule has 0 aromatic heterocycles. The number of nitrogens with zero attached hydrogens (tertiary/aromatic N) is 1. The standard InChI is InChI=1S/C28H34N2O7/c1-35-15-11-24(32)30(13-10-18-6-5-7-19(16-18)36-2)22-17-21(28(34)29-12-14-31)25-20-8-3-4-9-23(20)37-27(25)26(22)33/h3-9,16-17,22,25-27,31,33H,10-15H2,1-2H3,(H,29,34)/t22-,25+,26+,27+/m1/s1. The minimum atomic E-state index is -1.07. The lowest BCUT2D eigenvalue weighted by Gasteiger charge is -2.41. The number of hydrogen-bond acceptors (Lipinski definition) is 7. The van der Waals surface area contributed by atoms with E-state index in [4.69, 9.17) is 14.2 Å². The highest BCUT2D eigenvalue weighted by Gasteiger charge is 2.50. The highest BCUT2D eigenvalue weighted by atomic mass is 16.5. The molecule has 3 N–H and O–H groups in total. The van der Waals surface area contributed by atoms with Gasteiger partial charge < -0.3 is 34.6 Å². The summed E-state index contributed by atoms with van der Waals surface area (Å²) in [6, 6.07) is 14.2. The van der Waals surface area contributed by atoms with Gasteiger partial charge in [0, 0.05) is 31.3 Å². The number of benzene rings is 2. The Kier molecular flexibility index (Phi) is 8.81. The Balaban J connectivity index is 1.68. The lowest BCUT2D eigenvalue weighted by atomic mass is 9.77. The molecule has 37 heavy (non-hydrogen) atoms. The van der Waals surface area contributed by atoms with Crippen LogP contribution in [-0.4, -0.2) is 85.7 Å². The highest BCUT2D eigenvalue weighted by molar-refractivity contribution is 5.96. The van der Waals surface area contributed by atoms with Crippen LogP contribution in [0.4, 0.5) is 0 Å². The van der Waals surface area contributed by atoms with Crippen LogP contribution in [0.15, 0.2) is 60.2 Å². The van der Waals surface area contributed by atoms with Crippen LogP contribution < -0.4 is 14.8 Å². The average molecular weight is 511 g/mol. The summed E-state index contributed by atoms with van der Waals surface area (Å²) < 4.78 is 16.6. The van der Waals surface area contributed by atoms with E-state index in [1.165, 1.54) is 7.11 Å². The maximum atomic E-state index is 13.4. The number of para-hydroxylation sites is 1. The van der Waals surface area contributed by atoms with Crippen LogP contribution in [0, 0.1) is 0 Å². The average Bonchev–Trinajstić information content (AvgIpc) is 3.32. The van der Waals surface area contributed by atoms with Gasteiger partial charge in [-0.05, 0) is 36.3 Å². The lowest BCUT2D eigenvalue weighted by Crippen LogP contribution is -2.56. The van der Waals surface area contributed by atoms with E-state index >= 15 is 0 Å². The Hall–Kier alpha value is -3.40. The van der Waals surface area contributed by atoms with E-state index in [1.807, 2.05) is 48.5 Å². The van der Waals surface area contributed by atoms with Crippen molar-refractivity contribution in [1.29, 1.82) is 0 Å². The van der Waals surface area contributed by atoms with Gasteiger partial charge in [-0.1, -0.05) is 30.3 Å². The van der Waals surface area contributed by atoms with Crippen LogP contribution in [0.25, 0.3) is 0 Å². The third-order valence-corrected chi connectivity index (χ3v) is 6.85. The molecule has 9 nitrogen and oxygen atoms in total. The van der Waals surface area contributed by atoms with Gasteiger partial charge in [0.1, 0.15) is 23.7 Å². The molecule has 0 bridgehead atoms. The fourth-order valence-electron chi connectivity index (χ4n) is 5.04. The predicted octanol–water partition coefficient (Wildman–Crippen LogP) is 1.43. The number of nitrogens with one attached hydrogen (secondary N) is 1. The third-order valence-electron chi connectivity index (χ3n) is 6.85. The largest absolute Gasteiger partial charge is 0.497 e. The number of aliphatic hydroxyl groups excluding tert-OH is 2. The maximum absolute atomic E-state index is 13.4. The Morgan fingerprint density at radius 3 is 2.70 bits per heavy atom. The second kappa shape index (κ2) is 12.2. The van der Waals surface area contributed by atoms with Crippen molar-refractivity contribution < 1.29 is 34.0 Å². The van der Waals surface area contributed by atoms with Crippen LogP contribution in [0.2, 0.25) is 0 Å². The summed E-state index contributed by atoms with van der Waals surface area (Å²) in [4.78, 5) is 28.2. The minimum absolute atomic E-state index is 0.0929. The van der Waals surface area contributed by atoms with Crippen LogP contribution in [-0.2, 0) is 20.7 Å². The van der Waals surface area contributed by atoms with Crippen molar-refractivity contribution in [3.63, 3.8) is 0 Å². The van der Waals surface area contributed by atoms with Gasteiger partial charge in [-0.2, -0.15) is 0 Å². The first kappa shape index (κ1) is 26.7. The fourth-order valence-corrected chi connectivity index (χ4v) is 5.04. The van der Waals surface area contributed by atoms with Crippen molar-refractivity contribution in [1.82, 2.24) is 10.2 Å². The molecule has 0 fully saturated rings. The lowest BCUT2D eigenvalue weighted by molar-refractivity contribution is -0.138. The molecule has 4 atom stereocenters. The number of rotatable bonds is 11. The fraction of sp³-hybridized carbons (Fsp3) is 0.429. The third kappa shape index (κ3) is 5.79. The molecule has 198 valence electrons. The molecule has 9 heteroatoms. The number of aliphatic hydroxyl groups is 2. The number of amides is 2. The first-order valence-corrected chi connectivity index (χ1v) is 12.4. The van der Waals surface area contributed by atoms with Crippen molar-refractivity contribution in [2.75, 3.05) is 40.5 Å². The zero-order valence-electron chi connectivity index (χ0n) is 21.1. The molecule has 2 aromatic carbocycles. The Morgan fingerprint density at radius 2 is 1.95 bits per heavy atom. The number of fused-ring (bicyclic) bond motifs is 3. The van der Waals surface area contributed by atoms with E-state index in [-0.39, 0.29) is 38.0 Å². The molecule has 1 aliphatic heterocycles. The maximum Gasteiger partial charge on any atom is 0.247 e. The van der Waals surface area contributed by atoms with Gasteiger partial charge in [0.15, 0.2) is 0 Å². The summed E-state index contributed by atoms with van der Waals surface area (Å²) in [5.74, 6) is 0.268. The van der Waals surface area contributed by atoms with E-state index in [2.05, 4.69) is 5.32 Å². The number of hydrogen-bond donors (Lipinski definition) is 3. The van der Waals surface area contributed by atoms with Gasteiger partial charge in [0.25, 0.3) is 0 Å². The molecule has 1 heterocycles. The molecule has 0 radical (unpaired) electrons. The topological polar surface area (TPSA) is 118 Å². The van der Waals surface area contributed by atoms with E-state index in [0.717, 1.165) is 16.9 Å². The highest BCUT2D eigenvalue weighted by Crippen LogP contribution is 2.47. The van der Waals surface area contributed by atoms with Crippen LogP contribution in [0.5, 0.6) is 11.5 Å². The monoisotopic (exact) mass is 510 g/mol. The zero-order chi connectivity index (χ0) is 26.4. The van der Waals surface area contributed by atoms with E-state index in [9.17, 15) is 19.8 Å². The first-order valence-electron chi connectivity index (χ1n) is 12.4. The summed E-state index contributed by atoms with van der Waals surface area (Å²) in [6.07, 6.45) is 0.530. The number of carbonyl (C=O) groups is 2. The smallest absolute Gasteiger partial charge is 0.247 e. The first-order chi connectivity index (χ1) is 18.0. The van der Waals surface area contributed by atoms with Crippen molar-refractivity contribution in [2.24, 2.45) is 0 Å². The van der Waals surface area contributed by atoms with E-state index in [0.29, 0.717) is 24.3 Å². The SMILES string of the molecule is COCCC(=O)N(CCc1cccc(OC)c1)[C@@H]1C=C(C(=O)NCCO)[C@@H]2c3ccccc3O[C@@H]2[C@H]1O. The number of carbonyl (C=O) groups excluding carboxylic acids is 2. The second-order valence-electron chi connectivity index (χ2n) is 9.11. The van der Waals surface area contributed by atoms with Crippen molar-refractivity contribution in [3.8, 4) is 11.5 Å². The molecule has 0 spiro atoms. The van der Waals surface area contributed by atoms with Gasteiger partial charge in [0.2, 0.25) is 11.8 Å². The van der Waals surface area contributed by atoms with Gasteiger partial charge in [-0.3, -0.25) is 9.59 Å². The second-order valence-corrected chi connectivity index (χ2v) is 9.11. The summed E-state index contributed by atoms with van der Waals surface area (Å²) >= 11 is 0. The van der Waals surface area contributed by atoms with Crippen LogP contribution in [0.3, 0.4) is 0 Å². The van der Waals surface area contributed by atoms with Crippen molar-refractivity contribution in [3.05, 3.63) is 71.3 Å². The number of ether oxygens (including phenoxy) is 3. The molecule has 0 unspecified atom stereocenters. The molecule has 4 rings (SSSR count). The molecule has 0 saturated heterocycles. The van der Waals surface area contributed by atoms with Crippen LogP contribution in [0.1, 0.15) is 23.5 Å².